The first-order valence-electron chi connectivity index (χ1n) is 9.07. The van der Waals surface area contributed by atoms with E-state index in [9.17, 15) is 14.0 Å². The molecule has 8 heteroatoms. The summed E-state index contributed by atoms with van der Waals surface area (Å²) in [5.41, 5.74) is 1.88. The summed E-state index contributed by atoms with van der Waals surface area (Å²) in [6.45, 7) is -0.247. The molecule has 0 spiro atoms. The molecule has 0 bridgehead atoms. The Hall–Kier alpha value is -3.52. The monoisotopic (exact) mass is 424 g/mol. The zero-order chi connectivity index (χ0) is 21.1. The van der Waals surface area contributed by atoms with Crippen LogP contribution in [0.3, 0.4) is 0 Å². The average Bonchev–Trinajstić information content (AvgIpc) is 3.21. The van der Waals surface area contributed by atoms with Crippen LogP contribution in [0.1, 0.15) is 5.56 Å². The van der Waals surface area contributed by atoms with Crippen LogP contribution in [-0.4, -0.2) is 22.6 Å². The first-order valence-corrected chi connectivity index (χ1v) is 9.88. The molecule has 2 heterocycles. The van der Waals surface area contributed by atoms with Gasteiger partial charge in [0.2, 0.25) is 0 Å². The van der Waals surface area contributed by atoms with Crippen molar-refractivity contribution in [2.24, 2.45) is 0 Å². The van der Waals surface area contributed by atoms with Crippen LogP contribution in [0.5, 0.6) is 5.75 Å². The summed E-state index contributed by atoms with van der Waals surface area (Å²) in [4.78, 5) is 30.1. The van der Waals surface area contributed by atoms with E-state index in [-0.39, 0.29) is 24.5 Å². The fourth-order valence-electron chi connectivity index (χ4n) is 2.88. The number of esters is 1. The standard InChI is InChI=1S/C22H17FN2O4S/c1-28-17-8-4-15(5-9-17)19-10-18-21(30-19)22(27)25(13-24-18)11-20(26)29-12-14-2-6-16(23)7-3-14/h2-10,13H,11-12H2,1H3. The van der Waals surface area contributed by atoms with Gasteiger partial charge < -0.3 is 9.47 Å². The van der Waals surface area contributed by atoms with Crippen molar-refractivity contribution >= 4 is 27.5 Å². The zero-order valence-corrected chi connectivity index (χ0v) is 16.8. The number of hydrogen-bond acceptors (Lipinski definition) is 6. The van der Waals surface area contributed by atoms with Crippen molar-refractivity contribution in [3.63, 3.8) is 0 Å². The Morgan fingerprint density at radius 3 is 2.57 bits per heavy atom. The van der Waals surface area contributed by atoms with Crippen LogP contribution in [-0.2, 0) is 22.7 Å². The van der Waals surface area contributed by atoms with Crippen LogP contribution < -0.4 is 10.3 Å². The molecule has 0 atom stereocenters. The van der Waals surface area contributed by atoms with E-state index in [0.29, 0.717) is 15.8 Å². The van der Waals surface area contributed by atoms with Gasteiger partial charge in [-0.15, -0.1) is 11.3 Å². The van der Waals surface area contributed by atoms with E-state index in [0.717, 1.165) is 16.2 Å². The topological polar surface area (TPSA) is 70.4 Å². The summed E-state index contributed by atoms with van der Waals surface area (Å²) in [6.07, 6.45) is 1.34. The maximum absolute atomic E-state index is 12.9. The van der Waals surface area contributed by atoms with Gasteiger partial charge in [-0.2, -0.15) is 0 Å². The molecule has 0 aliphatic carbocycles. The van der Waals surface area contributed by atoms with Crippen LogP contribution in [0.25, 0.3) is 20.7 Å². The van der Waals surface area contributed by atoms with E-state index in [1.165, 1.54) is 46.5 Å². The molecule has 0 radical (unpaired) electrons. The minimum absolute atomic E-state index is 0.00412. The van der Waals surface area contributed by atoms with Crippen molar-refractivity contribution in [1.82, 2.24) is 9.55 Å². The van der Waals surface area contributed by atoms with Crippen molar-refractivity contribution in [2.45, 2.75) is 13.2 Å². The number of carbonyl (C=O) groups excluding carboxylic acids is 1. The van der Waals surface area contributed by atoms with Gasteiger partial charge in [-0.05, 0) is 53.6 Å². The molecule has 0 saturated heterocycles. The molecule has 152 valence electrons. The predicted octanol–water partition coefficient (Wildman–Crippen LogP) is 4.02. The fraction of sp³-hybridized carbons (Fsp3) is 0.136. The normalized spacial score (nSPS) is 10.9. The fourth-order valence-corrected chi connectivity index (χ4v) is 3.95. The van der Waals surface area contributed by atoms with E-state index in [4.69, 9.17) is 9.47 Å². The van der Waals surface area contributed by atoms with Gasteiger partial charge in [0.25, 0.3) is 5.56 Å². The van der Waals surface area contributed by atoms with Gasteiger partial charge in [-0.25, -0.2) is 9.37 Å². The summed E-state index contributed by atoms with van der Waals surface area (Å²) < 4.78 is 25.0. The van der Waals surface area contributed by atoms with Crippen molar-refractivity contribution in [3.8, 4) is 16.2 Å². The lowest BCUT2D eigenvalue weighted by atomic mass is 10.2. The quantitative estimate of drug-likeness (QED) is 0.437. The number of hydrogen-bond donors (Lipinski definition) is 0. The summed E-state index contributed by atoms with van der Waals surface area (Å²) in [5.74, 6) is -0.185. The molecule has 0 aliphatic rings. The number of rotatable bonds is 6. The number of benzene rings is 2. The highest BCUT2D eigenvalue weighted by Crippen LogP contribution is 2.31. The van der Waals surface area contributed by atoms with Crippen LogP contribution >= 0.6 is 11.3 Å². The molecule has 2 aromatic heterocycles. The van der Waals surface area contributed by atoms with Gasteiger partial charge in [-0.3, -0.25) is 14.2 Å². The molecule has 4 aromatic rings. The average molecular weight is 424 g/mol. The lowest BCUT2D eigenvalue weighted by molar-refractivity contribution is -0.145. The Morgan fingerprint density at radius 1 is 1.13 bits per heavy atom. The lowest BCUT2D eigenvalue weighted by Gasteiger charge is -2.06. The number of carbonyl (C=O) groups is 1. The minimum Gasteiger partial charge on any atom is -0.497 e. The van der Waals surface area contributed by atoms with Crippen LogP contribution in [0.15, 0.2) is 65.7 Å². The van der Waals surface area contributed by atoms with Gasteiger partial charge in [0, 0.05) is 4.88 Å². The minimum atomic E-state index is -0.575. The van der Waals surface area contributed by atoms with E-state index >= 15 is 0 Å². The molecule has 30 heavy (non-hydrogen) atoms. The van der Waals surface area contributed by atoms with Gasteiger partial charge in [-0.1, -0.05) is 12.1 Å². The number of thiophene rings is 1. The SMILES string of the molecule is COc1ccc(-c2cc3ncn(CC(=O)OCc4ccc(F)cc4)c(=O)c3s2)cc1. The van der Waals surface area contributed by atoms with Crippen molar-refractivity contribution < 1.29 is 18.7 Å². The van der Waals surface area contributed by atoms with Crippen LogP contribution in [0, 0.1) is 5.82 Å². The molecule has 0 amide bonds. The third-order valence-corrected chi connectivity index (χ3v) is 5.65. The van der Waals surface area contributed by atoms with Crippen molar-refractivity contribution in [3.05, 3.63) is 82.7 Å². The molecular weight excluding hydrogens is 407 g/mol. The lowest BCUT2D eigenvalue weighted by Crippen LogP contribution is -2.25. The first kappa shape index (κ1) is 19.8. The van der Waals surface area contributed by atoms with Gasteiger partial charge in [0.15, 0.2) is 0 Å². The van der Waals surface area contributed by atoms with Crippen LogP contribution in [0.2, 0.25) is 0 Å². The van der Waals surface area contributed by atoms with E-state index < -0.39 is 5.97 Å². The number of halogens is 1. The van der Waals surface area contributed by atoms with Crippen LogP contribution in [0.4, 0.5) is 4.39 Å². The molecule has 0 unspecified atom stereocenters. The van der Waals surface area contributed by atoms with Crippen molar-refractivity contribution in [2.75, 3.05) is 7.11 Å². The van der Waals surface area contributed by atoms with Gasteiger partial charge in [0.05, 0.1) is 19.0 Å². The van der Waals surface area contributed by atoms with Gasteiger partial charge in [0.1, 0.15) is 29.4 Å². The Labute approximate surface area is 175 Å². The molecule has 0 saturated carbocycles. The zero-order valence-electron chi connectivity index (χ0n) is 16.0. The van der Waals surface area contributed by atoms with E-state index in [2.05, 4.69) is 4.98 Å². The molecule has 0 N–H and O–H groups in total. The molecule has 0 fully saturated rings. The number of ether oxygens (including phenoxy) is 2. The highest BCUT2D eigenvalue weighted by molar-refractivity contribution is 7.22. The summed E-state index contributed by atoms with van der Waals surface area (Å²) in [7, 11) is 1.60. The number of aromatic nitrogens is 2. The second kappa shape index (κ2) is 8.46. The largest absolute Gasteiger partial charge is 0.497 e. The summed E-state index contributed by atoms with van der Waals surface area (Å²) >= 11 is 1.32. The molecule has 6 nitrogen and oxygen atoms in total. The Morgan fingerprint density at radius 2 is 1.87 bits per heavy atom. The smallest absolute Gasteiger partial charge is 0.326 e. The first-order chi connectivity index (χ1) is 14.5. The van der Waals surface area contributed by atoms with Gasteiger partial charge >= 0.3 is 5.97 Å². The molecule has 4 rings (SSSR count). The highest BCUT2D eigenvalue weighted by atomic mass is 32.1. The summed E-state index contributed by atoms with van der Waals surface area (Å²) in [6, 6.07) is 15.0. The second-order valence-corrected chi connectivity index (χ2v) is 7.57. The van der Waals surface area contributed by atoms with E-state index in [1.54, 1.807) is 7.11 Å². The number of methoxy groups -OCH3 is 1. The third kappa shape index (κ3) is 4.23. The Balaban J connectivity index is 1.50. The molecule has 0 aliphatic heterocycles. The third-order valence-electron chi connectivity index (χ3n) is 4.49. The molecule has 2 aromatic carbocycles. The Kier molecular flexibility index (Phi) is 5.58. The summed E-state index contributed by atoms with van der Waals surface area (Å²) in [5, 5.41) is 0. The maximum atomic E-state index is 12.9. The number of nitrogens with zero attached hydrogens (tertiary/aromatic N) is 2. The Bertz CT molecular complexity index is 1250. The molecular formula is C22H17FN2O4S. The highest BCUT2D eigenvalue weighted by Gasteiger charge is 2.13. The maximum Gasteiger partial charge on any atom is 0.326 e. The number of fused-ring (bicyclic) bond motifs is 1. The van der Waals surface area contributed by atoms with E-state index in [1.807, 2.05) is 30.3 Å². The predicted molar refractivity (Wildman–Crippen MR) is 112 cm³/mol. The van der Waals surface area contributed by atoms with Crippen molar-refractivity contribution in [1.29, 1.82) is 0 Å². The second-order valence-electron chi connectivity index (χ2n) is 6.52.